The summed E-state index contributed by atoms with van der Waals surface area (Å²) in [6, 6.07) is 7.88. The molecule has 0 saturated heterocycles. The Morgan fingerprint density at radius 2 is 1.76 bits per heavy atom. The highest BCUT2D eigenvalue weighted by molar-refractivity contribution is 5.96. The quantitative estimate of drug-likeness (QED) is 0.855. The Kier molecular flexibility index (Phi) is 4.07. The summed E-state index contributed by atoms with van der Waals surface area (Å²) in [7, 11) is 3.27. The first kappa shape index (κ1) is 14.8. The Bertz CT molecular complexity index is 687. The van der Waals surface area contributed by atoms with Gasteiger partial charge in [-0.2, -0.15) is 0 Å². The second kappa shape index (κ2) is 5.78. The molecule has 0 atom stereocenters. The summed E-state index contributed by atoms with van der Waals surface area (Å²) in [4.78, 5) is 13.2. The zero-order valence-corrected chi connectivity index (χ0v) is 11.7. The lowest BCUT2D eigenvalue weighted by molar-refractivity contribution is 0.0827. The van der Waals surface area contributed by atoms with Crippen LogP contribution < -0.4 is 11.1 Å². The van der Waals surface area contributed by atoms with Crippen LogP contribution in [0.3, 0.4) is 0 Å². The Morgan fingerprint density at radius 1 is 1.10 bits per heavy atom. The van der Waals surface area contributed by atoms with Crippen molar-refractivity contribution in [1.29, 1.82) is 0 Å². The highest BCUT2D eigenvalue weighted by Gasteiger charge is 2.11. The lowest BCUT2D eigenvalue weighted by Gasteiger charge is -2.14. The summed E-state index contributed by atoms with van der Waals surface area (Å²) < 4.78 is 26.4. The molecule has 0 spiro atoms. The zero-order valence-electron chi connectivity index (χ0n) is 11.7. The van der Waals surface area contributed by atoms with Crippen LogP contribution in [0.2, 0.25) is 0 Å². The Balaban J connectivity index is 2.27. The van der Waals surface area contributed by atoms with Crippen LogP contribution in [-0.4, -0.2) is 24.9 Å². The molecule has 1 amide bonds. The molecular weight excluding hydrogens is 276 g/mol. The van der Waals surface area contributed by atoms with Gasteiger partial charge in [-0.15, -0.1) is 0 Å². The number of rotatable bonds is 3. The fraction of sp³-hybridized carbons (Fsp3) is 0.133. The maximum Gasteiger partial charge on any atom is 0.253 e. The van der Waals surface area contributed by atoms with Gasteiger partial charge < -0.3 is 16.0 Å². The first-order chi connectivity index (χ1) is 9.88. The van der Waals surface area contributed by atoms with Gasteiger partial charge in [0.2, 0.25) is 0 Å². The minimum atomic E-state index is -0.720. The van der Waals surface area contributed by atoms with Crippen LogP contribution in [0.25, 0.3) is 0 Å². The lowest BCUT2D eigenvalue weighted by Crippen LogP contribution is -2.21. The molecule has 0 bridgehead atoms. The number of benzene rings is 2. The first-order valence-corrected chi connectivity index (χ1v) is 6.21. The molecule has 0 fully saturated rings. The molecule has 0 unspecified atom stereocenters. The maximum absolute atomic E-state index is 13.6. The summed E-state index contributed by atoms with van der Waals surface area (Å²) in [5.74, 6) is -1.55. The third-order valence-corrected chi connectivity index (χ3v) is 2.91. The summed E-state index contributed by atoms with van der Waals surface area (Å²) in [5, 5.41) is 2.77. The van der Waals surface area contributed by atoms with Crippen LogP contribution in [-0.2, 0) is 0 Å². The molecule has 0 aliphatic rings. The number of amides is 1. The predicted molar refractivity (Wildman–Crippen MR) is 78.5 cm³/mol. The number of hydrogen-bond acceptors (Lipinski definition) is 3. The molecule has 4 nitrogen and oxygen atoms in total. The molecule has 21 heavy (non-hydrogen) atoms. The van der Waals surface area contributed by atoms with Gasteiger partial charge in [-0.25, -0.2) is 8.78 Å². The molecule has 0 heterocycles. The van der Waals surface area contributed by atoms with Crippen molar-refractivity contribution in [3.8, 4) is 0 Å². The Labute approximate surface area is 121 Å². The van der Waals surface area contributed by atoms with E-state index in [1.807, 2.05) is 0 Å². The monoisotopic (exact) mass is 291 g/mol. The number of nitrogens with zero attached hydrogens (tertiary/aromatic N) is 1. The molecule has 2 rings (SSSR count). The number of carbonyl (C=O) groups excluding carboxylic acids is 1. The van der Waals surface area contributed by atoms with Crippen molar-refractivity contribution in [2.24, 2.45) is 0 Å². The summed E-state index contributed by atoms with van der Waals surface area (Å²) in [6.07, 6.45) is 0. The molecule has 0 saturated carbocycles. The van der Waals surface area contributed by atoms with E-state index in [2.05, 4.69) is 5.32 Å². The second-order valence-electron chi connectivity index (χ2n) is 4.75. The second-order valence-corrected chi connectivity index (χ2v) is 4.75. The molecule has 6 heteroatoms. The smallest absolute Gasteiger partial charge is 0.253 e. The fourth-order valence-corrected chi connectivity index (χ4v) is 1.80. The van der Waals surface area contributed by atoms with Crippen LogP contribution in [0.5, 0.6) is 0 Å². The van der Waals surface area contributed by atoms with Gasteiger partial charge in [0.15, 0.2) is 0 Å². The van der Waals surface area contributed by atoms with E-state index in [0.29, 0.717) is 16.9 Å². The van der Waals surface area contributed by atoms with E-state index in [1.54, 1.807) is 26.2 Å². The normalized spacial score (nSPS) is 10.3. The van der Waals surface area contributed by atoms with Crippen LogP contribution in [0, 0.1) is 11.6 Å². The molecule has 3 N–H and O–H groups in total. The maximum atomic E-state index is 13.6. The highest BCUT2D eigenvalue weighted by Crippen LogP contribution is 2.26. The summed E-state index contributed by atoms with van der Waals surface area (Å²) >= 11 is 0. The van der Waals surface area contributed by atoms with E-state index in [1.165, 1.54) is 17.0 Å². The van der Waals surface area contributed by atoms with Gasteiger partial charge >= 0.3 is 0 Å². The predicted octanol–water partition coefficient (Wildman–Crippen LogP) is 2.99. The zero-order chi connectivity index (χ0) is 15.6. The number of anilines is 3. The Hall–Kier alpha value is -2.63. The minimum Gasteiger partial charge on any atom is -0.397 e. The van der Waals surface area contributed by atoms with E-state index in [-0.39, 0.29) is 11.6 Å². The number of nitrogens with two attached hydrogens (primary N) is 1. The van der Waals surface area contributed by atoms with E-state index in [9.17, 15) is 13.6 Å². The van der Waals surface area contributed by atoms with E-state index in [0.717, 1.165) is 12.1 Å². The van der Waals surface area contributed by atoms with Gasteiger partial charge in [0.25, 0.3) is 5.91 Å². The van der Waals surface area contributed by atoms with Crippen molar-refractivity contribution in [3.63, 3.8) is 0 Å². The molecule has 0 radical (unpaired) electrons. The van der Waals surface area contributed by atoms with Crippen LogP contribution in [0.15, 0.2) is 36.4 Å². The number of carbonyl (C=O) groups is 1. The SMILES string of the molecule is CN(C)C(=O)c1ccc(Nc2ccc(F)cc2F)c(N)c1. The van der Waals surface area contributed by atoms with Crippen molar-refractivity contribution in [2.75, 3.05) is 25.1 Å². The van der Waals surface area contributed by atoms with Gasteiger partial charge in [-0.05, 0) is 30.3 Å². The molecule has 2 aromatic carbocycles. The third kappa shape index (κ3) is 3.28. The van der Waals surface area contributed by atoms with Crippen molar-refractivity contribution in [1.82, 2.24) is 4.90 Å². The van der Waals surface area contributed by atoms with Crippen LogP contribution in [0.1, 0.15) is 10.4 Å². The minimum absolute atomic E-state index is 0.106. The average molecular weight is 291 g/mol. The number of nitrogen functional groups attached to an aromatic ring is 1. The summed E-state index contributed by atoms with van der Waals surface area (Å²) in [6.45, 7) is 0. The fourth-order valence-electron chi connectivity index (χ4n) is 1.80. The molecule has 0 aromatic heterocycles. The van der Waals surface area contributed by atoms with Gasteiger partial charge in [-0.1, -0.05) is 0 Å². The van der Waals surface area contributed by atoms with Crippen molar-refractivity contribution in [2.45, 2.75) is 0 Å². The van der Waals surface area contributed by atoms with Gasteiger partial charge in [0.05, 0.1) is 17.1 Å². The first-order valence-electron chi connectivity index (χ1n) is 6.21. The number of hydrogen-bond donors (Lipinski definition) is 2. The number of nitrogens with one attached hydrogen (secondary N) is 1. The largest absolute Gasteiger partial charge is 0.397 e. The molecule has 0 aliphatic heterocycles. The molecule has 0 aliphatic carbocycles. The van der Waals surface area contributed by atoms with E-state index in [4.69, 9.17) is 5.73 Å². The Morgan fingerprint density at radius 3 is 2.33 bits per heavy atom. The van der Waals surface area contributed by atoms with Crippen molar-refractivity contribution < 1.29 is 13.6 Å². The van der Waals surface area contributed by atoms with Gasteiger partial charge in [0.1, 0.15) is 11.6 Å². The van der Waals surface area contributed by atoms with Gasteiger partial charge in [0, 0.05) is 25.7 Å². The third-order valence-electron chi connectivity index (χ3n) is 2.91. The van der Waals surface area contributed by atoms with Gasteiger partial charge in [-0.3, -0.25) is 4.79 Å². The van der Waals surface area contributed by atoms with Crippen LogP contribution in [0.4, 0.5) is 25.8 Å². The average Bonchev–Trinajstić information content (AvgIpc) is 2.42. The molecule has 2 aromatic rings. The standard InChI is InChI=1S/C15H15F2N3O/c1-20(2)15(21)9-3-5-14(12(18)7-9)19-13-6-4-10(16)8-11(13)17/h3-8,19H,18H2,1-2H3. The van der Waals surface area contributed by atoms with E-state index >= 15 is 0 Å². The molecular formula is C15H15F2N3O. The topological polar surface area (TPSA) is 58.4 Å². The number of halogens is 2. The lowest BCUT2D eigenvalue weighted by atomic mass is 10.1. The van der Waals surface area contributed by atoms with Crippen molar-refractivity contribution in [3.05, 3.63) is 53.6 Å². The van der Waals surface area contributed by atoms with E-state index < -0.39 is 11.6 Å². The summed E-state index contributed by atoms with van der Waals surface area (Å²) in [5.41, 5.74) is 7.13. The molecule has 110 valence electrons. The van der Waals surface area contributed by atoms with Crippen LogP contribution >= 0.6 is 0 Å². The van der Waals surface area contributed by atoms with Crippen molar-refractivity contribution >= 4 is 23.0 Å². The highest BCUT2D eigenvalue weighted by atomic mass is 19.1.